The molecule has 0 spiro atoms. The van der Waals surface area contributed by atoms with Crippen LogP contribution in [0.5, 0.6) is 0 Å². The van der Waals surface area contributed by atoms with Gasteiger partial charge in [-0.05, 0) is 44.9 Å². The van der Waals surface area contributed by atoms with Gasteiger partial charge in [-0.2, -0.15) is 0 Å². The summed E-state index contributed by atoms with van der Waals surface area (Å²) in [5.74, 6) is -0.343. The molecule has 2 aromatic rings. The molecule has 0 N–H and O–H groups in total. The highest BCUT2D eigenvalue weighted by Gasteiger charge is 2.26. The number of aryl methyl sites for hydroxylation is 1. The van der Waals surface area contributed by atoms with Crippen LogP contribution in [0.3, 0.4) is 0 Å². The van der Waals surface area contributed by atoms with E-state index in [1.165, 1.54) is 12.1 Å². The maximum Gasteiger partial charge on any atom is 0.255 e. The smallest absolute Gasteiger partial charge is 0.255 e. The van der Waals surface area contributed by atoms with Gasteiger partial charge in [0.05, 0.1) is 22.9 Å². The molecule has 0 unspecified atom stereocenters. The molecule has 0 bridgehead atoms. The number of benzene rings is 1. The van der Waals surface area contributed by atoms with Crippen LogP contribution in [-0.2, 0) is 4.74 Å². The summed E-state index contributed by atoms with van der Waals surface area (Å²) in [6, 6.07) is 6.25. The molecule has 2 heterocycles. The van der Waals surface area contributed by atoms with E-state index in [9.17, 15) is 9.18 Å². The van der Waals surface area contributed by atoms with E-state index in [-0.39, 0.29) is 17.8 Å². The zero-order chi connectivity index (χ0) is 16.4. The Morgan fingerprint density at radius 2 is 2.26 bits per heavy atom. The summed E-state index contributed by atoms with van der Waals surface area (Å²) in [7, 11) is 0. The van der Waals surface area contributed by atoms with E-state index in [2.05, 4.69) is 4.98 Å². The van der Waals surface area contributed by atoms with Crippen molar-refractivity contribution in [2.45, 2.75) is 32.8 Å². The minimum Gasteiger partial charge on any atom is -0.377 e. The number of aromatic nitrogens is 1. The second-order valence-corrected chi connectivity index (χ2v) is 5.93. The van der Waals surface area contributed by atoms with Crippen LogP contribution in [0.25, 0.3) is 10.9 Å². The van der Waals surface area contributed by atoms with Crippen molar-refractivity contribution in [2.75, 3.05) is 19.7 Å². The van der Waals surface area contributed by atoms with Crippen LogP contribution in [0.1, 0.15) is 35.8 Å². The number of carbonyl (C=O) groups excluding carboxylic acids is 1. The van der Waals surface area contributed by atoms with Crippen molar-refractivity contribution in [1.82, 2.24) is 9.88 Å². The number of rotatable bonds is 3. The lowest BCUT2D eigenvalue weighted by molar-refractivity contribution is 0.00720. The van der Waals surface area contributed by atoms with E-state index < -0.39 is 0 Å². The van der Waals surface area contributed by atoms with Gasteiger partial charge in [0, 0.05) is 31.1 Å². The van der Waals surface area contributed by atoms with Gasteiger partial charge in [-0.25, -0.2) is 4.39 Å². The third kappa shape index (κ3) is 3.34. The van der Waals surface area contributed by atoms with Crippen molar-refractivity contribution >= 4 is 16.8 Å². The Balaban J connectivity index is 1.88. The van der Waals surface area contributed by atoms with E-state index in [0.29, 0.717) is 29.9 Å². The summed E-state index contributed by atoms with van der Waals surface area (Å²) in [6.45, 7) is 5.78. The van der Waals surface area contributed by atoms with Gasteiger partial charge >= 0.3 is 0 Å². The molecule has 1 saturated heterocycles. The molecule has 1 amide bonds. The molecule has 0 radical (unpaired) electrons. The first-order valence-corrected chi connectivity index (χ1v) is 8.06. The maximum atomic E-state index is 13.3. The second-order valence-electron chi connectivity index (χ2n) is 5.93. The van der Waals surface area contributed by atoms with Crippen LogP contribution in [0.2, 0.25) is 0 Å². The van der Waals surface area contributed by atoms with E-state index in [1.54, 1.807) is 13.0 Å². The fraction of sp³-hybridized carbons (Fsp3) is 0.444. The highest BCUT2D eigenvalue weighted by Crippen LogP contribution is 2.21. The SMILES string of the molecule is CCO[C@@H]1CCCN(C(=O)c2cc3ccc(F)cc3nc2C)C1. The second kappa shape index (κ2) is 6.62. The Kier molecular flexibility index (Phi) is 4.57. The zero-order valence-corrected chi connectivity index (χ0v) is 13.5. The molecule has 4 nitrogen and oxygen atoms in total. The Hall–Kier alpha value is -2.01. The molecule has 1 fully saturated rings. The molecular formula is C18H21FN2O2. The fourth-order valence-corrected chi connectivity index (χ4v) is 3.12. The molecule has 1 aromatic heterocycles. The number of hydrogen-bond acceptors (Lipinski definition) is 3. The minimum atomic E-state index is -0.320. The molecule has 1 atom stereocenters. The van der Waals surface area contributed by atoms with Crippen LogP contribution < -0.4 is 0 Å². The first-order chi connectivity index (χ1) is 11.1. The topological polar surface area (TPSA) is 42.4 Å². The molecule has 1 aliphatic heterocycles. The molecule has 0 saturated carbocycles. The first kappa shape index (κ1) is 15.9. The summed E-state index contributed by atoms with van der Waals surface area (Å²) < 4.78 is 19.0. The Labute approximate surface area is 135 Å². The lowest BCUT2D eigenvalue weighted by atomic mass is 10.0. The van der Waals surface area contributed by atoms with E-state index >= 15 is 0 Å². The van der Waals surface area contributed by atoms with Gasteiger partial charge in [-0.1, -0.05) is 0 Å². The van der Waals surface area contributed by atoms with Gasteiger partial charge in [0.1, 0.15) is 5.82 Å². The summed E-state index contributed by atoms with van der Waals surface area (Å²) >= 11 is 0. The predicted octanol–water partition coefficient (Wildman–Crippen LogP) is 3.32. The lowest BCUT2D eigenvalue weighted by Gasteiger charge is -2.32. The minimum absolute atomic E-state index is 0.0226. The summed E-state index contributed by atoms with van der Waals surface area (Å²) in [4.78, 5) is 19.1. The normalized spacial score (nSPS) is 18.4. The molecule has 3 rings (SSSR count). The van der Waals surface area contributed by atoms with Crippen LogP contribution in [0, 0.1) is 12.7 Å². The molecule has 0 aliphatic carbocycles. The number of amides is 1. The number of piperidine rings is 1. The number of pyridine rings is 1. The van der Waals surface area contributed by atoms with E-state index in [0.717, 1.165) is 24.8 Å². The van der Waals surface area contributed by atoms with Crippen molar-refractivity contribution in [3.63, 3.8) is 0 Å². The Bertz CT molecular complexity index is 730. The maximum absolute atomic E-state index is 13.3. The third-order valence-corrected chi connectivity index (χ3v) is 4.27. The van der Waals surface area contributed by atoms with Gasteiger partial charge in [0.15, 0.2) is 0 Å². The van der Waals surface area contributed by atoms with Crippen molar-refractivity contribution in [2.24, 2.45) is 0 Å². The predicted molar refractivity (Wildman–Crippen MR) is 87.0 cm³/mol. The molecular weight excluding hydrogens is 295 g/mol. The average molecular weight is 316 g/mol. The number of likely N-dealkylation sites (tertiary alicyclic amines) is 1. The van der Waals surface area contributed by atoms with Gasteiger partial charge in [0.25, 0.3) is 5.91 Å². The van der Waals surface area contributed by atoms with Crippen LogP contribution in [-0.4, -0.2) is 41.6 Å². The molecule has 1 aliphatic rings. The quantitative estimate of drug-likeness (QED) is 0.872. The number of hydrogen-bond donors (Lipinski definition) is 0. The van der Waals surface area contributed by atoms with Crippen molar-refractivity contribution < 1.29 is 13.9 Å². The number of carbonyl (C=O) groups is 1. The molecule has 5 heteroatoms. The van der Waals surface area contributed by atoms with E-state index in [4.69, 9.17) is 4.74 Å². The standard InChI is InChI=1S/C18H21FN2O2/c1-3-23-15-5-4-8-21(11-15)18(22)16-9-13-6-7-14(19)10-17(13)20-12(16)2/h6-7,9-10,15H,3-5,8,11H2,1-2H3/t15-/m1/s1. The largest absolute Gasteiger partial charge is 0.377 e. The molecule has 122 valence electrons. The van der Waals surface area contributed by atoms with Crippen molar-refractivity contribution in [3.8, 4) is 0 Å². The molecule has 1 aromatic carbocycles. The highest BCUT2D eigenvalue weighted by molar-refractivity contribution is 5.98. The van der Waals surface area contributed by atoms with Gasteiger partial charge in [-0.15, -0.1) is 0 Å². The Morgan fingerprint density at radius 1 is 1.43 bits per heavy atom. The first-order valence-electron chi connectivity index (χ1n) is 8.06. The lowest BCUT2D eigenvalue weighted by Crippen LogP contribution is -2.43. The number of halogens is 1. The van der Waals surface area contributed by atoms with Gasteiger partial charge in [-0.3, -0.25) is 9.78 Å². The Morgan fingerprint density at radius 3 is 3.04 bits per heavy atom. The average Bonchev–Trinajstić information content (AvgIpc) is 2.54. The van der Waals surface area contributed by atoms with Crippen LogP contribution in [0.15, 0.2) is 24.3 Å². The van der Waals surface area contributed by atoms with Crippen LogP contribution >= 0.6 is 0 Å². The summed E-state index contributed by atoms with van der Waals surface area (Å²) in [5, 5.41) is 0.777. The third-order valence-electron chi connectivity index (χ3n) is 4.27. The number of nitrogens with zero attached hydrogens (tertiary/aromatic N) is 2. The number of ether oxygens (including phenoxy) is 1. The fourth-order valence-electron chi connectivity index (χ4n) is 3.12. The summed E-state index contributed by atoms with van der Waals surface area (Å²) in [6.07, 6.45) is 2.05. The van der Waals surface area contributed by atoms with Crippen molar-refractivity contribution in [1.29, 1.82) is 0 Å². The van der Waals surface area contributed by atoms with Gasteiger partial charge in [0.2, 0.25) is 0 Å². The molecule has 23 heavy (non-hydrogen) atoms. The highest BCUT2D eigenvalue weighted by atomic mass is 19.1. The summed E-state index contributed by atoms with van der Waals surface area (Å²) in [5.41, 5.74) is 1.79. The van der Waals surface area contributed by atoms with Crippen molar-refractivity contribution in [3.05, 3.63) is 41.3 Å². The monoisotopic (exact) mass is 316 g/mol. The number of fused-ring (bicyclic) bond motifs is 1. The van der Waals surface area contributed by atoms with E-state index in [1.807, 2.05) is 17.9 Å². The van der Waals surface area contributed by atoms with Crippen LogP contribution in [0.4, 0.5) is 4.39 Å². The zero-order valence-electron chi connectivity index (χ0n) is 13.5. The van der Waals surface area contributed by atoms with Gasteiger partial charge < -0.3 is 9.64 Å².